The minimum absolute atomic E-state index is 0.0731. The standard InChI is InChI=1S/C33H45N5O4S/c1-31(2,3)37-43(41,42)26-20-24(23-9-7-6-8-10-23)19-25(21-26)34-30(40)27-11-12-28(36-32(4,5)22-39)35-29(27)38-17-15-33(13-14-33)16-18-38/h6-7,9,11-12,19-21,37,39H,8,10,13-18,22H2,1-5H3,(H,34,40)(H,35,36). The first-order valence-electron chi connectivity index (χ1n) is 15.2. The lowest BCUT2D eigenvalue weighted by Crippen LogP contribution is -2.40. The number of nitrogens with zero attached hydrogens (tertiary/aromatic N) is 2. The summed E-state index contributed by atoms with van der Waals surface area (Å²) < 4.78 is 29.5. The maximum absolute atomic E-state index is 13.9. The Kier molecular flexibility index (Phi) is 8.50. The second-order valence-corrected chi connectivity index (χ2v) is 15.6. The number of aromatic nitrogens is 1. The highest BCUT2D eigenvalue weighted by atomic mass is 32.2. The number of sulfonamides is 1. The van der Waals surface area contributed by atoms with Crippen molar-refractivity contribution in [3.63, 3.8) is 0 Å². The van der Waals surface area contributed by atoms with Gasteiger partial charge in [0.15, 0.2) is 0 Å². The van der Waals surface area contributed by atoms with Crippen LogP contribution in [0.2, 0.25) is 0 Å². The number of allylic oxidation sites excluding steroid dienone is 4. The average Bonchev–Trinajstić information content (AvgIpc) is 3.70. The van der Waals surface area contributed by atoms with Gasteiger partial charge in [-0.25, -0.2) is 18.1 Å². The fraction of sp³-hybridized carbons (Fsp3) is 0.515. The third kappa shape index (κ3) is 7.66. The summed E-state index contributed by atoms with van der Waals surface area (Å²) in [5.41, 5.74) is 1.79. The quantitative estimate of drug-likeness (QED) is 0.288. The van der Waals surface area contributed by atoms with Gasteiger partial charge in [0.25, 0.3) is 5.91 Å². The minimum atomic E-state index is -3.85. The molecule has 2 aliphatic carbocycles. The molecule has 1 saturated carbocycles. The molecule has 2 heterocycles. The maximum Gasteiger partial charge on any atom is 0.259 e. The van der Waals surface area contributed by atoms with E-state index >= 15 is 0 Å². The van der Waals surface area contributed by atoms with Gasteiger partial charge in [0.1, 0.15) is 11.6 Å². The molecule has 9 nitrogen and oxygen atoms in total. The van der Waals surface area contributed by atoms with Crippen molar-refractivity contribution in [3.05, 3.63) is 59.7 Å². The van der Waals surface area contributed by atoms with Crippen LogP contribution in [0.1, 0.15) is 89.1 Å². The van der Waals surface area contributed by atoms with Crippen LogP contribution in [-0.2, 0) is 10.0 Å². The predicted octanol–water partition coefficient (Wildman–Crippen LogP) is 5.71. The SMILES string of the molecule is CC(C)(C)NS(=O)(=O)c1cc(NC(=O)c2ccc(NC(C)(C)CO)nc2N2CCC3(CC2)CC3)cc(C2=CC=CCC2)c1. The molecule has 4 N–H and O–H groups in total. The maximum atomic E-state index is 13.9. The van der Waals surface area contributed by atoms with Gasteiger partial charge in [-0.05, 0) is 120 Å². The van der Waals surface area contributed by atoms with Crippen molar-refractivity contribution < 1.29 is 18.3 Å². The number of aliphatic hydroxyl groups excluding tert-OH is 1. The molecule has 10 heteroatoms. The molecule has 1 spiro atoms. The Morgan fingerprint density at radius 1 is 1.05 bits per heavy atom. The van der Waals surface area contributed by atoms with E-state index in [1.54, 1.807) is 39.0 Å². The number of carbonyl (C=O) groups is 1. The molecule has 2 aromatic rings. The molecule has 0 unspecified atom stereocenters. The summed E-state index contributed by atoms with van der Waals surface area (Å²) in [5.74, 6) is 0.812. The smallest absolute Gasteiger partial charge is 0.259 e. The van der Waals surface area contributed by atoms with Gasteiger partial charge in [0.2, 0.25) is 10.0 Å². The van der Waals surface area contributed by atoms with Crippen molar-refractivity contribution in [1.82, 2.24) is 9.71 Å². The van der Waals surface area contributed by atoms with E-state index in [1.165, 1.54) is 18.9 Å². The lowest BCUT2D eigenvalue weighted by Gasteiger charge is -2.34. The van der Waals surface area contributed by atoms with Crippen molar-refractivity contribution in [2.45, 2.75) is 89.1 Å². The first-order chi connectivity index (χ1) is 20.2. The monoisotopic (exact) mass is 607 g/mol. The van der Waals surface area contributed by atoms with Gasteiger partial charge in [-0.2, -0.15) is 0 Å². The molecule has 2 fully saturated rings. The van der Waals surface area contributed by atoms with E-state index in [1.807, 2.05) is 32.1 Å². The summed E-state index contributed by atoms with van der Waals surface area (Å²) in [6, 6.07) is 8.53. The molecule has 1 amide bonds. The zero-order chi connectivity index (χ0) is 31.0. The van der Waals surface area contributed by atoms with Crippen LogP contribution in [0.4, 0.5) is 17.3 Å². The van der Waals surface area contributed by atoms with Crippen molar-refractivity contribution in [2.24, 2.45) is 5.41 Å². The highest BCUT2D eigenvalue weighted by Gasteiger charge is 2.45. The lowest BCUT2D eigenvalue weighted by atomic mass is 9.93. The summed E-state index contributed by atoms with van der Waals surface area (Å²) in [7, 11) is -3.85. The predicted molar refractivity (Wildman–Crippen MR) is 173 cm³/mol. The minimum Gasteiger partial charge on any atom is -0.394 e. The molecule has 1 aromatic carbocycles. The Balaban J connectivity index is 1.49. The molecule has 232 valence electrons. The van der Waals surface area contributed by atoms with Gasteiger partial charge in [0, 0.05) is 24.3 Å². The second kappa shape index (κ2) is 11.7. The fourth-order valence-electron chi connectivity index (χ4n) is 5.71. The van der Waals surface area contributed by atoms with Gasteiger partial charge in [-0.15, -0.1) is 0 Å². The molecule has 1 saturated heterocycles. The van der Waals surface area contributed by atoms with Crippen LogP contribution in [0.5, 0.6) is 0 Å². The molecule has 0 atom stereocenters. The van der Waals surface area contributed by atoms with Crippen molar-refractivity contribution >= 4 is 38.8 Å². The van der Waals surface area contributed by atoms with Gasteiger partial charge in [0.05, 0.1) is 22.6 Å². The molecule has 43 heavy (non-hydrogen) atoms. The van der Waals surface area contributed by atoms with E-state index < -0.39 is 21.1 Å². The van der Waals surface area contributed by atoms with Crippen molar-refractivity contribution in [1.29, 1.82) is 0 Å². The summed E-state index contributed by atoms with van der Waals surface area (Å²) in [6.45, 7) is 10.7. The number of pyridine rings is 1. The third-order valence-electron chi connectivity index (χ3n) is 8.36. The Morgan fingerprint density at radius 2 is 1.77 bits per heavy atom. The van der Waals surface area contributed by atoms with Gasteiger partial charge in [-0.3, -0.25) is 4.79 Å². The van der Waals surface area contributed by atoms with E-state index in [2.05, 4.69) is 26.3 Å². The van der Waals surface area contributed by atoms with Crippen molar-refractivity contribution in [2.75, 3.05) is 35.2 Å². The summed E-state index contributed by atoms with van der Waals surface area (Å²) in [6.07, 6.45) is 12.4. The summed E-state index contributed by atoms with van der Waals surface area (Å²) in [4.78, 5) is 21.1. The van der Waals surface area contributed by atoms with Gasteiger partial charge in [-0.1, -0.05) is 18.2 Å². The number of hydrogen-bond acceptors (Lipinski definition) is 7. The number of carbonyl (C=O) groups excluding carboxylic acids is 1. The normalized spacial score (nSPS) is 18.4. The van der Waals surface area contributed by atoms with E-state index in [4.69, 9.17) is 4.98 Å². The van der Waals surface area contributed by atoms with Crippen LogP contribution >= 0.6 is 0 Å². The fourth-order valence-corrected chi connectivity index (χ4v) is 7.20. The van der Waals surface area contributed by atoms with Gasteiger partial charge < -0.3 is 20.6 Å². The average molecular weight is 608 g/mol. The first kappa shape index (κ1) is 31.2. The van der Waals surface area contributed by atoms with E-state index in [0.29, 0.717) is 28.3 Å². The lowest BCUT2D eigenvalue weighted by molar-refractivity contribution is 0.102. The number of aliphatic hydroxyl groups is 1. The molecule has 1 aliphatic heterocycles. The van der Waals surface area contributed by atoms with Crippen LogP contribution in [0.25, 0.3) is 5.57 Å². The molecule has 1 aromatic heterocycles. The number of benzene rings is 1. The number of nitrogens with one attached hydrogen (secondary N) is 3. The van der Waals surface area contributed by atoms with E-state index in [-0.39, 0.29) is 17.4 Å². The highest BCUT2D eigenvalue weighted by Crippen LogP contribution is 2.54. The largest absolute Gasteiger partial charge is 0.394 e. The molecule has 3 aliphatic rings. The number of anilines is 3. The van der Waals surface area contributed by atoms with Crippen LogP contribution in [-0.4, -0.2) is 55.2 Å². The number of hydrogen-bond donors (Lipinski definition) is 4. The van der Waals surface area contributed by atoms with Crippen LogP contribution in [0.15, 0.2) is 53.5 Å². The molecular weight excluding hydrogens is 562 g/mol. The Morgan fingerprint density at radius 3 is 2.37 bits per heavy atom. The number of piperidine rings is 1. The number of amides is 1. The Labute approximate surface area is 255 Å². The van der Waals surface area contributed by atoms with Gasteiger partial charge >= 0.3 is 0 Å². The third-order valence-corrected chi connectivity index (χ3v) is 10.1. The molecule has 0 radical (unpaired) electrons. The topological polar surface area (TPSA) is 124 Å². The Hall–Kier alpha value is -3.21. The van der Waals surface area contributed by atoms with Crippen LogP contribution in [0, 0.1) is 5.41 Å². The summed E-state index contributed by atoms with van der Waals surface area (Å²) >= 11 is 0. The van der Waals surface area contributed by atoms with E-state index in [9.17, 15) is 18.3 Å². The molecule has 5 rings (SSSR count). The second-order valence-electron chi connectivity index (χ2n) is 13.9. The first-order valence-corrected chi connectivity index (χ1v) is 16.7. The van der Waals surface area contributed by atoms with Crippen LogP contribution < -0.4 is 20.3 Å². The van der Waals surface area contributed by atoms with Crippen molar-refractivity contribution in [3.8, 4) is 0 Å². The molecule has 0 bridgehead atoms. The highest BCUT2D eigenvalue weighted by molar-refractivity contribution is 7.89. The zero-order valence-electron chi connectivity index (χ0n) is 26.0. The Bertz CT molecular complexity index is 1540. The van der Waals surface area contributed by atoms with E-state index in [0.717, 1.165) is 49.9 Å². The molecular formula is C33H45N5O4S. The summed E-state index contributed by atoms with van der Waals surface area (Å²) in [5, 5.41) is 16.1. The zero-order valence-corrected chi connectivity index (χ0v) is 26.8. The van der Waals surface area contributed by atoms with Crippen LogP contribution in [0.3, 0.4) is 0 Å². The number of rotatable bonds is 9.